The molecule has 2 atom stereocenters. The van der Waals surface area contributed by atoms with E-state index in [0.29, 0.717) is 12.8 Å². The highest BCUT2D eigenvalue weighted by Gasteiger charge is 2.33. The molecule has 2 N–H and O–H groups in total. The van der Waals surface area contributed by atoms with Crippen molar-refractivity contribution < 1.29 is 9.59 Å². The lowest BCUT2D eigenvalue weighted by Gasteiger charge is -2.29. The minimum absolute atomic E-state index is 0.147. The van der Waals surface area contributed by atoms with E-state index >= 15 is 0 Å². The van der Waals surface area contributed by atoms with E-state index in [0.717, 1.165) is 21.9 Å². The normalized spacial score (nSPS) is 20.0. The Hall–Kier alpha value is -3.15. The molecule has 1 fully saturated rings. The van der Waals surface area contributed by atoms with Crippen molar-refractivity contribution in [3.05, 3.63) is 66.0 Å². The van der Waals surface area contributed by atoms with Gasteiger partial charge in [0.05, 0.1) is 6.20 Å². The standard InChI is InChI=1S/C20H20N4O2/c1-24-12-14(11-21-24)10-18-20(26)22-17(19(25)23-18)9-13-6-7-15-4-2-3-5-16(15)8-13/h2-8,11-12,17-18H,9-10H2,1H3,(H,22,26)(H,23,25)/t17-,18?/m0/s1. The third-order valence-electron chi connectivity index (χ3n) is 4.72. The Morgan fingerprint density at radius 2 is 1.58 bits per heavy atom. The minimum Gasteiger partial charge on any atom is -0.342 e. The van der Waals surface area contributed by atoms with E-state index < -0.39 is 12.1 Å². The Kier molecular flexibility index (Phi) is 4.16. The molecule has 0 bridgehead atoms. The molecule has 1 aromatic heterocycles. The van der Waals surface area contributed by atoms with Gasteiger partial charge in [0.25, 0.3) is 0 Å². The van der Waals surface area contributed by atoms with Gasteiger partial charge in [-0.2, -0.15) is 5.10 Å². The van der Waals surface area contributed by atoms with E-state index in [1.807, 2.05) is 43.6 Å². The maximum atomic E-state index is 12.5. The summed E-state index contributed by atoms with van der Waals surface area (Å²) in [5.41, 5.74) is 1.94. The first-order valence-electron chi connectivity index (χ1n) is 8.64. The molecule has 1 unspecified atom stereocenters. The Bertz CT molecular complexity index is 979. The Balaban J connectivity index is 1.45. The molecular formula is C20H20N4O2. The molecule has 0 aliphatic carbocycles. The number of aryl methyl sites for hydroxylation is 1. The van der Waals surface area contributed by atoms with Gasteiger partial charge >= 0.3 is 0 Å². The summed E-state index contributed by atoms with van der Waals surface area (Å²) >= 11 is 0. The summed E-state index contributed by atoms with van der Waals surface area (Å²) in [7, 11) is 1.82. The number of aromatic nitrogens is 2. The molecule has 1 aliphatic heterocycles. The molecule has 4 rings (SSSR count). The maximum absolute atomic E-state index is 12.5. The van der Waals surface area contributed by atoms with Gasteiger partial charge in [0.15, 0.2) is 0 Å². The summed E-state index contributed by atoms with van der Waals surface area (Å²) in [5, 5.41) is 12.1. The molecule has 0 radical (unpaired) electrons. The van der Waals surface area contributed by atoms with Crippen LogP contribution in [0.3, 0.4) is 0 Å². The number of hydrogen-bond donors (Lipinski definition) is 2. The van der Waals surface area contributed by atoms with Gasteiger partial charge in [0.1, 0.15) is 12.1 Å². The fourth-order valence-corrected chi connectivity index (χ4v) is 3.38. The number of carbonyl (C=O) groups excluding carboxylic acids is 2. The smallest absolute Gasteiger partial charge is 0.243 e. The van der Waals surface area contributed by atoms with Crippen molar-refractivity contribution in [1.29, 1.82) is 0 Å². The summed E-state index contributed by atoms with van der Waals surface area (Å²) in [6.07, 6.45) is 4.47. The zero-order chi connectivity index (χ0) is 18.1. The van der Waals surface area contributed by atoms with Gasteiger partial charge in [-0.15, -0.1) is 0 Å². The lowest BCUT2D eigenvalue weighted by atomic mass is 9.98. The molecule has 26 heavy (non-hydrogen) atoms. The average Bonchev–Trinajstić information content (AvgIpc) is 3.04. The van der Waals surface area contributed by atoms with Gasteiger partial charge in [-0.1, -0.05) is 42.5 Å². The maximum Gasteiger partial charge on any atom is 0.243 e. The van der Waals surface area contributed by atoms with Crippen LogP contribution in [0.15, 0.2) is 54.9 Å². The topological polar surface area (TPSA) is 76.0 Å². The number of carbonyl (C=O) groups is 2. The highest BCUT2D eigenvalue weighted by atomic mass is 16.2. The van der Waals surface area contributed by atoms with E-state index in [2.05, 4.69) is 27.9 Å². The highest BCUT2D eigenvalue weighted by molar-refractivity contribution is 5.97. The SMILES string of the molecule is Cn1cc(CC2NC(=O)[C@H](Cc3ccc4ccccc4c3)NC2=O)cn1. The Labute approximate surface area is 151 Å². The number of amides is 2. The summed E-state index contributed by atoms with van der Waals surface area (Å²) in [6, 6.07) is 13.1. The van der Waals surface area contributed by atoms with Gasteiger partial charge in [-0.05, 0) is 21.9 Å². The molecule has 1 saturated heterocycles. The minimum atomic E-state index is -0.556. The molecule has 2 aromatic carbocycles. The second-order valence-electron chi connectivity index (χ2n) is 6.73. The third kappa shape index (κ3) is 3.31. The number of hydrogen-bond acceptors (Lipinski definition) is 3. The second kappa shape index (κ2) is 6.63. The van der Waals surface area contributed by atoms with E-state index in [-0.39, 0.29) is 11.8 Å². The zero-order valence-corrected chi connectivity index (χ0v) is 14.5. The molecule has 2 heterocycles. The molecule has 6 nitrogen and oxygen atoms in total. The van der Waals surface area contributed by atoms with Gasteiger partial charge in [0.2, 0.25) is 11.8 Å². The van der Waals surface area contributed by atoms with Crippen molar-refractivity contribution >= 4 is 22.6 Å². The Morgan fingerprint density at radius 1 is 0.923 bits per heavy atom. The van der Waals surface area contributed by atoms with Crippen molar-refractivity contribution in [2.75, 3.05) is 0 Å². The number of fused-ring (bicyclic) bond motifs is 1. The van der Waals surface area contributed by atoms with E-state index in [9.17, 15) is 9.59 Å². The van der Waals surface area contributed by atoms with Crippen LogP contribution in [-0.2, 0) is 29.5 Å². The largest absolute Gasteiger partial charge is 0.342 e. The molecule has 3 aromatic rings. The second-order valence-corrected chi connectivity index (χ2v) is 6.73. The number of nitrogens with zero attached hydrogens (tertiary/aromatic N) is 2. The summed E-state index contributed by atoms with van der Waals surface area (Å²) < 4.78 is 1.68. The first-order chi connectivity index (χ1) is 12.6. The quantitative estimate of drug-likeness (QED) is 0.747. The van der Waals surface area contributed by atoms with E-state index in [1.165, 1.54) is 0 Å². The average molecular weight is 348 g/mol. The fourth-order valence-electron chi connectivity index (χ4n) is 3.38. The number of nitrogens with one attached hydrogen (secondary N) is 2. The monoisotopic (exact) mass is 348 g/mol. The highest BCUT2D eigenvalue weighted by Crippen LogP contribution is 2.17. The first-order valence-corrected chi connectivity index (χ1v) is 8.64. The van der Waals surface area contributed by atoms with E-state index in [1.54, 1.807) is 10.9 Å². The summed E-state index contributed by atoms with van der Waals surface area (Å²) in [6.45, 7) is 0. The molecule has 2 amide bonds. The van der Waals surface area contributed by atoms with Crippen molar-refractivity contribution in [1.82, 2.24) is 20.4 Å². The van der Waals surface area contributed by atoms with Crippen LogP contribution in [0.2, 0.25) is 0 Å². The van der Waals surface area contributed by atoms with E-state index in [4.69, 9.17) is 0 Å². The molecule has 6 heteroatoms. The summed E-state index contributed by atoms with van der Waals surface area (Å²) in [4.78, 5) is 24.9. The lowest BCUT2D eigenvalue weighted by molar-refractivity contribution is -0.136. The third-order valence-corrected chi connectivity index (χ3v) is 4.72. The molecule has 1 aliphatic rings. The van der Waals surface area contributed by atoms with Crippen molar-refractivity contribution in [3.8, 4) is 0 Å². The number of benzene rings is 2. The molecule has 0 spiro atoms. The van der Waals surface area contributed by atoms with Gasteiger partial charge in [-0.3, -0.25) is 14.3 Å². The molecule has 0 saturated carbocycles. The van der Waals surface area contributed by atoms with Crippen LogP contribution in [0, 0.1) is 0 Å². The first kappa shape index (κ1) is 16.3. The predicted molar refractivity (Wildman–Crippen MR) is 98.4 cm³/mol. The van der Waals surface area contributed by atoms with Crippen molar-refractivity contribution in [2.45, 2.75) is 24.9 Å². The number of rotatable bonds is 4. The number of piperazine rings is 1. The van der Waals surface area contributed by atoms with Crippen LogP contribution in [0.4, 0.5) is 0 Å². The van der Waals surface area contributed by atoms with Gasteiger partial charge in [0, 0.05) is 26.1 Å². The van der Waals surface area contributed by atoms with Crippen LogP contribution < -0.4 is 10.6 Å². The van der Waals surface area contributed by atoms with Crippen LogP contribution in [0.25, 0.3) is 10.8 Å². The van der Waals surface area contributed by atoms with Gasteiger partial charge < -0.3 is 10.6 Å². The Morgan fingerprint density at radius 3 is 2.23 bits per heavy atom. The van der Waals surface area contributed by atoms with Crippen LogP contribution >= 0.6 is 0 Å². The van der Waals surface area contributed by atoms with Crippen molar-refractivity contribution in [2.24, 2.45) is 7.05 Å². The van der Waals surface area contributed by atoms with Crippen LogP contribution in [0.5, 0.6) is 0 Å². The molecular weight excluding hydrogens is 328 g/mol. The summed E-state index contributed by atoms with van der Waals surface area (Å²) in [5.74, 6) is -0.300. The van der Waals surface area contributed by atoms with Crippen LogP contribution in [-0.4, -0.2) is 33.7 Å². The van der Waals surface area contributed by atoms with Gasteiger partial charge in [-0.25, -0.2) is 0 Å². The predicted octanol–water partition coefficient (Wildman–Crippen LogP) is 1.34. The fraction of sp³-hybridized carbons (Fsp3) is 0.250. The van der Waals surface area contributed by atoms with Crippen molar-refractivity contribution in [3.63, 3.8) is 0 Å². The van der Waals surface area contributed by atoms with Crippen LogP contribution in [0.1, 0.15) is 11.1 Å². The molecule has 132 valence electrons. The zero-order valence-electron chi connectivity index (χ0n) is 14.5. The lowest BCUT2D eigenvalue weighted by Crippen LogP contribution is -2.62.